The van der Waals surface area contributed by atoms with Crippen LogP contribution in [0.4, 0.5) is 5.69 Å². The number of oxime groups is 1. The summed E-state index contributed by atoms with van der Waals surface area (Å²) in [5.74, 6) is -0.269. The molecule has 26 heavy (non-hydrogen) atoms. The van der Waals surface area contributed by atoms with Crippen molar-refractivity contribution in [2.75, 3.05) is 5.73 Å². The van der Waals surface area contributed by atoms with Crippen LogP contribution in [-0.2, 0) is 16.1 Å². The third kappa shape index (κ3) is 3.85. The number of aromatic amines is 1. The van der Waals surface area contributed by atoms with Gasteiger partial charge in [0.1, 0.15) is 0 Å². The molecular formula is C20H22N4O2. The normalized spacial score (nSPS) is 11.7. The average Bonchev–Trinajstić information content (AvgIpc) is 3.05. The highest BCUT2D eigenvalue weighted by molar-refractivity contribution is 5.99. The largest absolute Gasteiger partial charge is 0.398 e. The van der Waals surface area contributed by atoms with Gasteiger partial charge < -0.3 is 21.3 Å². The predicted molar refractivity (Wildman–Crippen MR) is 104 cm³/mol. The maximum atomic E-state index is 11.9. The predicted octanol–water partition coefficient (Wildman–Crippen LogP) is 3.24. The summed E-state index contributed by atoms with van der Waals surface area (Å²) in [5, 5.41) is 4.93. The monoisotopic (exact) mass is 350 g/mol. The van der Waals surface area contributed by atoms with Gasteiger partial charge in [0.25, 0.3) is 0 Å². The summed E-state index contributed by atoms with van der Waals surface area (Å²) in [5.41, 5.74) is 16.1. The molecule has 0 bridgehead atoms. The number of aromatic nitrogens is 1. The highest BCUT2D eigenvalue weighted by Gasteiger charge is 2.09. The Morgan fingerprint density at radius 3 is 2.85 bits per heavy atom. The Hall–Kier alpha value is -3.28. The van der Waals surface area contributed by atoms with E-state index in [1.807, 2.05) is 31.3 Å². The molecule has 0 saturated heterocycles. The van der Waals surface area contributed by atoms with Gasteiger partial charge in [-0.15, -0.1) is 0 Å². The van der Waals surface area contributed by atoms with Crippen LogP contribution in [-0.4, -0.2) is 16.8 Å². The number of carbonyl (C=O) groups excluding carboxylic acids is 1. The average molecular weight is 350 g/mol. The number of rotatable bonds is 6. The van der Waals surface area contributed by atoms with E-state index in [0.717, 1.165) is 17.5 Å². The Balaban J connectivity index is 1.53. The van der Waals surface area contributed by atoms with Crippen molar-refractivity contribution in [3.05, 3.63) is 65.4 Å². The molecule has 134 valence electrons. The highest BCUT2D eigenvalue weighted by Crippen LogP contribution is 2.19. The molecule has 6 heteroatoms. The zero-order valence-corrected chi connectivity index (χ0v) is 14.7. The van der Waals surface area contributed by atoms with Gasteiger partial charge >= 0.3 is 5.97 Å². The van der Waals surface area contributed by atoms with Crippen molar-refractivity contribution in [1.29, 1.82) is 0 Å². The number of nitrogen functional groups attached to an aromatic ring is 1. The van der Waals surface area contributed by atoms with E-state index in [4.69, 9.17) is 16.3 Å². The van der Waals surface area contributed by atoms with Gasteiger partial charge in [-0.1, -0.05) is 35.5 Å². The molecule has 0 spiro atoms. The second-order valence-electron chi connectivity index (χ2n) is 6.17. The van der Waals surface area contributed by atoms with Crippen molar-refractivity contribution in [1.82, 2.24) is 4.98 Å². The van der Waals surface area contributed by atoms with Crippen LogP contribution in [0.3, 0.4) is 0 Å². The van der Waals surface area contributed by atoms with Gasteiger partial charge in [-0.25, -0.2) is 4.79 Å². The summed E-state index contributed by atoms with van der Waals surface area (Å²) in [7, 11) is 0. The Kier molecular flexibility index (Phi) is 5.22. The summed E-state index contributed by atoms with van der Waals surface area (Å²) < 4.78 is 0. The lowest BCUT2D eigenvalue weighted by Gasteiger charge is -2.07. The van der Waals surface area contributed by atoms with Gasteiger partial charge in [-0.05, 0) is 43.0 Å². The third-order valence-electron chi connectivity index (χ3n) is 4.40. The van der Waals surface area contributed by atoms with Gasteiger partial charge in [0.2, 0.25) is 0 Å². The van der Waals surface area contributed by atoms with E-state index in [1.165, 1.54) is 10.9 Å². The molecule has 1 aromatic heterocycles. The number of aryl methyl sites for hydroxylation is 1. The molecule has 0 saturated carbocycles. The SMILES string of the molecule is Cc1c(N)cccc1/C(N)=N/OC(=O)CCCc1c[nH]c2ccccc12. The van der Waals surface area contributed by atoms with E-state index in [0.29, 0.717) is 17.7 Å². The fourth-order valence-corrected chi connectivity index (χ4v) is 2.89. The molecule has 0 atom stereocenters. The number of carbonyl (C=O) groups is 1. The summed E-state index contributed by atoms with van der Waals surface area (Å²) >= 11 is 0. The van der Waals surface area contributed by atoms with Crippen LogP contribution >= 0.6 is 0 Å². The third-order valence-corrected chi connectivity index (χ3v) is 4.40. The van der Waals surface area contributed by atoms with Gasteiger partial charge in [0.15, 0.2) is 5.84 Å². The van der Waals surface area contributed by atoms with E-state index >= 15 is 0 Å². The summed E-state index contributed by atoms with van der Waals surface area (Å²) in [4.78, 5) is 20.1. The molecule has 3 rings (SSSR count). The fraction of sp³-hybridized carbons (Fsp3) is 0.200. The van der Waals surface area contributed by atoms with E-state index in [9.17, 15) is 4.79 Å². The summed E-state index contributed by atoms with van der Waals surface area (Å²) in [6.07, 6.45) is 3.71. The molecule has 5 N–H and O–H groups in total. The Labute approximate surface area is 151 Å². The first-order chi connectivity index (χ1) is 12.6. The van der Waals surface area contributed by atoms with E-state index in [-0.39, 0.29) is 12.3 Å². The van der Waals surface area contributed by atoms with Gasteiger partial charge in [0, 0.05) is 34.8 Å². The second-order valence-corrected chi connectivity index (χ2v) is 6.17. The minimum Gasteiger partial charge on any atom is -0.398 e. The Morgan fingerprint density at radius 1 is 1.19 bits per heavy atom. The lowest BCUT2D eigenvalue weighted by Crippen LogP contribution is -2.17. The van der Waals surface area contributed by atoms with Crippen molar-refractivity contribution in [2.24, 2.45) is 10.9 Å². The minimum absolute atomic E-state index is 0.139. The zero-order chi connectivity index (χ0) is 18.5. The lowest BCUT2D eigenvalue weighted by atomic mass is 10.1. The van der Waals surface area contributed by atoms with E-state index in [2.05, 4.69) is 16.2 Å². The number of fused-ring (bicyclic) bond motifs is 1. The van der Waals surface area contributed by atoms with Crippen molar-refractivity contribution >= 4 is 28.4 Å². The molecule has 0 aliphatic rings. The highest BCUT2D eigenvalue weighted by atomic mass is 16.7. The molecule has 6 nitrogen and oxygen atoms in total. The fourth-order valence-electron chi connectivity index (χ4n) is 2.89. The number of nitrogens with zero attached hydrogens (tertiary/aromatic N) is 1. The maximum Gasteiger partial charge on any atom is 0.335 e. The first-order valence-corrected chi connectivity index (χ1v) is 8.50. The second kappa shape index (κ2) is 7.74. The van der Waals surface area contributed by atoms with E-state index in [1.54, 1.807) is 18.2 Å². The van der Waals surface area contributed by atoms with Crippen LogP contribution in [0.2, 0.25) is 0 Å². The van der Waals surface area contributed by atoms with Crippen LogP contribution in [0.15, 0.2) is 53.8 Å². The molecule has 0 radical (unpaired) electrons. The van der Waals surface area contributed by atoms with Gasteiger partial charge in [-0.3, -0.25) is 0 Å². The lowest BCUT2D eigenvalue weighted by molar-refractivity contribution is -0.143. The van der Waals surface area contributed by atoms with Crippen molar-refractivity contribution in [3.8, 4) is 0 Å². The maximum absolute atomic E-state index is 11.9. The molecule has 0 unspecified atom stereocenters. The molecule has 3 aromatic rings. The number of benzene rings is 2. The first-order valence-electron chi connectivity index (χ1n) is 8.50. The number of anilines is 1. The molecular weight excluding hydrogens is 328 g/mol. The van der Waals surface area contributed by atoms with Crippen LogP contribution in [0.5, 0.6) is 0 Å². The van der Waals surface area contributed by atoms with Crippen molar-refractivity contribution in [2.45, 2.75) is 26.2 Å². The van der Waals surface area contributed by atoms with Crippen molar-refractivity contribution < 1.29 is 9.63 Å². The smallest absolute Gasteiger partial charge is 0.335 e. The standard InChI is InChI=1S/C20H22N4O2/c1-13-15(8-5-9-17(13)21)20(22)24-26-19(25)11-4-6-14-12-23-18-10-3-2-7-16(14)18/h2-3,5,7-10,12,23H,4,6,11,21H2,1H3,(H2,22,24). The molecule has 0 aliphatic carbocycles. The molecule has 1 heterocycles. The number of nitrogens with one attached hydrogen (secondary N) is 1. The van der Waals surface area contributed by atoms with Crippen LogP contribution in [0, 0.1) is 6.92 Å². The Morgan fingerprint density at radius 2 is 2.00 bits per heavy atom. The molecule has 0 fully saturated rings. The van der Waals surface area contributed by atoms with Crippen molar-refractivity contribution in [3.63, 3.8) is 0 Å². The number of H-pyrrole nitrogens is 1. The molecule has 0 amide bonds. The number of hydrogen-bond acceptors (Lipinski definition) is 4. The zero-order valence-electron chi connectivity index (χ0n) is 14.7. The number of amidine groups is 1. The van der Waals surface area contributed by atoms with Crippen LogP contribution in [0.25, 0.3) is 10.9 Å². The quantitative estimate of drug-likeness (QED) is 0.208. The Bertz CT molecular complexity index is 959. The van der Waals surface area contributed by atoms with Gasteiger partial charge in [-0.2, -0.15) is 0 Å². The van der Waals surface area contributed by atoms with Crippen LogP contribution in [0.1, 0.15) is 29.5 Å². The van der Waals surface area contributed by atoms with Gasteiger partial charge in [0.05, 0.1) is 0 Å². The first kappa shape index (κ1) is 17.5. The number of hydrogen-bond donors (Lipinski definition) is 3. The van der Waals surface area contributed by atoms with Crippen LogP contribution < -0.4 is 11.5 Å². The topological polar surface area (TPSA) is 106 Å². The number of para-hydroxylation sites is 1. The summed E-state index contributed by atoms with van der Waals surface area (Å²) in [6.45, 7) is 1.84. The summed E-state index contributed by atoms with van der Waals surface area (Å²) in [6, 6.07) is 13.4. The minimum atomic E-state index is -0.408. The molecule has 0 aliphatic heterocycles. The van der Waals surface area contributed by atoms with E-state index < -0.39 is 5.97 Å². The number of nitrogens with two attached hydrogens (primary N) is 2. The molecule has 2 aromatic carbocycles.